The average molecular weight is 895 g/mol. The Kier molecular flexibility index (Phi) is 35.5. The van der Waals surface area contributed by atoms with Crippen LogP contribution in [0, 0.1) is 0 Å². The summed E-state index contributed by atoms with van der Waals surface area (Å²) in [6.07, 6.45) is 38.5. The lowest BCUT2D eigenvalue weighted by molar-refractivity contribution is -0.297. The Morgan fingerprint density at radius 2 is 1.08 bits per heavy atom. The summed E-state index contributed by atoms with van der Waals surface area (Å²) in [5.41, 5.74) is 0. The number of allylic oxidation sites excluding steroid dienone is 11. The molecule has 1 rings (SSSR count). The zero-order chi connectivity index (χ0) is 45.5. The van der Waals surface area contributed by atoms with Crippen LogP contribution in [-0.4, -0.2) is 96.0 Å². The van der Waals surface area contributed by atoms with Crippen molar-refractivity contribution in [1.82, 2.24) is 0 Å². The van der Waals surface area contributed by atoms with Crippen molar-refractivity contribution in [2.24, 2.45) is 0 Å². The molecule has 0 spiro atoms. The molecule has 1 aliphatic rings. The summed E-state index contributed by atoms with van der Waals surface area (Å²) >= 11 is 0. The van der Waals surface area contributed by atoms with Gasteiger partial charge in [-0.2, -0.15) is 8.42 Å². The molecule has 0 aromatic heterocycles. The van der Waals surface area contributed by atoms with Crippen molar-refractivity contribution in [3.05, 3.63) is 73.4 Å². The first kappa shape index (κ1) is 57.1. The van der Waals surface area contributed by atoms with E-state index in [4.69, 9.17) is 18.9 Å². The second-order valence-corrected chi connectivity index (χ2v) is 17.6. The summed E-state index contributed by atoms with van der Waals surface area (Å²) in [5.74, 6) is -2.10. The Morgan fingerprint density at radius 1 is 0.597 bits per heavy atom. The second kappa shape index (κ2) is 38.5. The highest BCUT2D eigenvalue weighted by Gasteiger charge is 2.46. The van der Waals surface area contributed by atoms with Gasteiger partial charge in [-0.25, -0.2) is 0 Å². The highest BCUT2D eigenvalue weighted by molar-refractivity contribution is 7.85. The topological polar surface area (TPSA) is 186 Å². The highest BCUT2D eigenvalue weighted by atomic mass is 32.2. The van der Waals surface area contributed by atoms with E-state index >= 15 is 0 Å². The van der Waals surface area contributed by atoms with Gasteiger partial charge in [-0.05, 0) is 64.2 Å². The summed E-state index contributed by atoms with van der Waals surface area (Å²) in [7, 11) is -4.62. The van der Waals surface area contributed by atoms with Gasteiger partial charge >= 0.3 is 11.9 Å². The molecule has 356 valence electrons. The first-order valence-corrected chi connectivity index (χ1v) is 25.1. The molecule has 1 fully saturated rings. The van der Waals surface area contributed by atoms with Gasteiger partial charge in [0.05, 0.1) is 6.61 Å². The Labute approximate surface area is 374 Å². The summed E-state index contributed by atoms with van der Waals surface area (Å²) in [6.45, 7) is 5.19. The fourth-order valence-corrected chi connectivity index (χ4v) is 7.45. The molecule has 6 atom stereocenters. The largest absolute Gasteiger partial charge is 0.462 e. The first-order chi connectivity index (χ1) is 30.0. The lowest BCUT2D eigenvalue weighted by Crippen LogP contribution is -2.60. The van der Waals surface area contributed by atoms with Crippen molar-refractivity contribution in [2.75, 3.05) is 19.0 Å². The van der Waals surface area contributed by atoms with Crippen molar-refractivity contribution in [2.45, 2.75) is 204 Å². The number of aliphatic hydroxyl groups is 3. The van der Waals surface area contributed by atoms with Crippen LogP contribution in [0.1, 0.15) is 167 Å². The van der Waals surface area contributed by atoms with Crippen molar-refractivity contribution in [1.29, 1.82) is 0 Å². The summed E-state index contributed by atoms with van der Waals surface area (Å²) in [5, 5.41) is 30.9. The Balaban J connectivity index is 2.49. The number of rotatable bonds is 39. The van der Waals surface area contributed by atoms with E-state index in [-0.39, 0.29) is 19.4 Å². The summed E-state index contributed by atoms with van der Waals surface area (Å²) in [4.78, 5) is 25.4. The van der Waals surface area contributed by atoms with E-state index in [1.165, 1.54) is 77.0 Å². The molecule has 0 saturated carbocycles. The number of carbonyl (C=O) groups excluding carboxylic acids is 2. The molecule has 0 bridgehead atoms. The van der Waals surface area contributed by atoms with Crippen LogP contribution in [0.4, 0.5) is 0 Å². The van der Waals surface area contributed by atoms with Gasteiger partial charge in [0.2, 0.25) is 0 Å². The molecule has 1 heterocycles. The van der Waals surface area contributed by atoms with Crippen molar-refractivity contribution in [3.63, 3.8) is 0 Å². The van der Waals surface area contributed by atoms with Crippen molar-refractivity contribution in [3.8, 4) is 0 Å². The predicted molar refractivity (Wildman–Crippen MR) is 247 cm³/mol. The van der Waals surface area contributed by atoms with E-state index in [1.807, 2.05) is 18.2 Å². The van der Waals surface area contributed by atoms with E-state index < -0.39 is 71.2 Å². The molecule has 4 N–H and O–H groups in total. The van der Waals surface area contributed by atoms with E-state index in [0.717, 1.165) is 51.4 Å². The molecule has 1 aliphatic heterocycles. The zero-order valence-corrected chi connectivity index (χ0v) is 38.6. The number of esters is 2. The maximum Gasteiger partial charge on any atom is 0.306 e. The number of aliphatic hydroxyl groups excluding tert-OH is 3. The van der Waals surface area contributed by atoms with Crippen LogP contribution >= 0.6 is 0 Å². The standard InChI is InChI=1S/C49H82O12S/c1-3-5-7-9-11-13-15-17-19-20-21-22-24-26-28-30-32-34-36-38-45(51)60-42(40-59-49-48(54)47(53)46(52)43(61-49)41-62(55,56)57)39-58-44(50)37-35-33-31-29-27-25-23-18-16-14-12-10-8-6-4-2/h4,11,13,17,19,21-22,26,28,32,34,42-43,46-49,52-54H,2-3,5-10,12,14-16,18,20,23-25,27,29-31,33,35-41H2,1H3,(H,55,56,57)/b13-11+,19-17+,22-21+,28-26+,34-32+/t42-,43-,46-,47?,48?,49+/m1/s1. The Hall–Kier alpha value is -2.91. The zero-order valence-electron chi connectivity index (χ0n) is 37.8. The molecule has 1 saturated heterocycles. The lowest BCUT2D eigenvalue weighted by atomic mass is 10.00. The van der Waals surface area contributed by atoms with Gasteiger partial charge in [-0.15, -0.1) is 6.58 Å². The number of unbranched alkanes of at least 4 members (excludes halogenated alkanes) is 16. The van der Waals surface area contributed by atoms with Gasteiger partial charge in [0, 0.05) is 12.8 Å². The van der Waals surface area contributed by atoms with Gasteiger partial charge in [0.15, 0.2) is 12.4 Å². The van der Waals surface area contributed by atoms with Gasteiger partial charge < -0.3 is 34.3 Å². The minimum Gasteiger partial charge on any atom is -0.462 e. The molecule has 0 aromatic rings. The smallest absolute Gasteiger partial charge is 0.306 e. The van der Waals surface area contributed by atoms with Gasteiger partial charge in [0.25, 0.3) is 10.1 Å². The molecule has 0 aromatic carbocycles. The van der Waals surface area contributed by atoms with Crippen LogP contribution in [0.15, 0.2) is 73.4 Å². The van der Waals surface area contributed by atoms with Crippen LogP contribution in [0.3, 0.4) is 0 Å². The number of hydrogen-bond acceptors (Lipinski definition) is 11. The van der Waals surface area contributed by atoms with Crippen LogP contribution < -0.4 is 0 Å². The van der Waals surface area contributed by atoms with Gasteiger partial charge in [-0.1, -0.05) is 157 Å². The van der Waals surface area contributed by atoms with Gasteiger partial charge in [0.1, 0.15) is 36.8 Å². The Bertz CT molecular complexity index is 1410. The van der Waals surface area contributed by atoms with E-state index in [1.54, 1.807) is 0 Å². The van der Waals surface area contributed by atoms with Crippen LogP contribution in [0.2, 0.25) is 0 Å². The fraction of sp³-hybridized carbons (Fsp3) is 0.714. The molecular weight excluding hydrogens is 813 g/mol. The Morgan fingerprint density at radius 3 is 1.60 bits per heavy atom. The quantitative estimate of drug-likeness (QED) is 0.0198. The molecule has 0 radical (unpaired) electrons. The maximum atomic E-state index is 12.8. The number of carbonyl (C=O) groups is 2. The minimum atomic E-state index is -4.62. The van der Waals surface area contributed by atoms with Crippen LogP contribution in [0.25, 0.3) is 0 Å². The summed E-state index contributed by atoms with van der Waals surface area (Å²) < 4.78 is 54.0. The number of ether oxygens (including phenoxy) is 4. The van der Waals surface area contributed by atoms with Crippen molar-refractivity contribution < 1.29 is 56.8 Å². The third kappa shape index (κ3) is 32.7. The SMILES string of the molecule is C=CCCCCCCCCCCCCCCCC(=O)OC[C@H](CO[C@H]1O[C@H](CS(=O)(=O)O)[C@@H](O)C(O)C1O)OC(=O)CC/C=C/C/C=C/C/C=C/C/C=C/C/C=C/CCCCC. The molecular formula is C49H82O12S. The highest BCUT2D eigenvalue weighted by Crippen LogP contribution is 2.24. The number of hydrogen-bond donors (Lipinski definition) is 4. The van der Waals surface area contributed by atoms with E-state index in [0.29, 0.717) is 19.3 Å². The lowest BCUT2D eigenvalue weighted by Gasteiger charge is -2.40. The molecule has 62 heavy (non-hydrogen) atoms. The first-order valence-electron chi connectivity index (χ1n) is 23.5. The summed E-state index contributed by atoms with van der Waals surface area (Å²) in [6, 6.07) is 0. The van der Waals surface area contributed by atoms with E-state index in [2.05, 4.69) is 62.1 Å². The van der Waals surface area contributed by atoms with Gasteiger partial charge in [-0.3, -0.25) is 14.1 Å². The van der Waals surface area contributed by atoms with Crippen LogP contribution in [-0.2, 0) is 38.7 Å². The average Bonchev–Trinajstić information content (AvgIpc) is 3.24. The van der Waals surface area contributed by atoms with Crippen molar-refractivity contribution >= 4 is 22.1 Å². The third-order valence-corrected chi connectivity index (χ3v) is 11.2. The molecule has 2 unspecified atom stereocenters. The van der Waals surface area contributed by atoms with E-state index in [9.17, 15) is 37.9 Å². The molecule has 0 aliphatic carbocycles. The molecule has 13 heteroatoms. The minimum absolute atomic E-state index is 0.0376. The predicted octanol–water partition coefficient (Wildman–Crippen LogP) is 9.89. The molecule has 12 nitrogen and oxygen atoms in total. The maximum absolute atomic E-state index is 12.8. The third-order valence-electron chi connectivity index (χ3n) is 10.4. The normalized spacial score (nSPS) is 20.3. The molecule has 0 amide bonds. The monoisotopic (exact) mass is 895 g/mol. The van der Waals surface area contributed by atoms with Crippen LogP contribution in [0.5, 0.6) is 0 Å². The second-order valence-electron chi connectivity index (χ2n) is 16.1. The fourth-order valence-electron chi connectivity index (χ4n) is 6.76.